The zero-order valence-corrected chi connectivity index (χ0v) is 15.2. The highest BCUT2D eigenvalue weighted by molar-refractivity contribution is 7.98. The second kappa shape index (κ2) is 6.79. The minimum absolute atomic E-state index is 0.0317. The largest absolute Gasteiger partial charge is 0.335 e. The van der Waals surface area contributed by atoms with Crippen LogP contribution in [0.2, 0.25) is 0 Å². The number of aryl methyl sites for hydroxylation is 1. The van der Waals surface area contributed by atoms with E-state index < -0.39 is 0 Å². The van der Waals surface area contributed by atoms with Gasteiger partial charge in [0.2, 0.25) is 0 Å². The summed E-state index contributed by atoms with van der Waals surface area (Å²) in [5.41, 5.74) is 1.53. The van der Waals surface area contributed by atoms with Gasteiger partial charge in [-0.2, -0.15) is 11.8 Å². The minimum atomic E-state index is -0.193. The van der Waals surface area contributed by atoms with E-state index in [4.69, 9.17) is 0 Å². The predicted octanol–water partition coefficient (Wildman–Crippen LogP) is 3.73. The Labute approximate surface area is 140 Å². The maximum atomic E-state index is 12.8. The Kier molecular flexibility index (Phi) is 5.24. The van der Waals surface area contributed by atoms with E-state index in [1.807, 2.05) is 31.0 Å². The molecule has 0 saturated carbocycles. The lowest BCUT2D eigenvalue weighted by atomic mass is 10.1. The van der Waals surface area contributed by atoms with Gasteiger partial charge in [-0.15, -0.1) is 11.3 Å². The Morgan fingerprint density at radius 2 is 2.18 bits per heavy atom. The number of carbonyl (C=O) groups excluding carboxylic acids is 1. The Balaban J connectivity index is 2.30. The highest BCUT2D eigenvalue weighted by Gasteiger charge is 2.30. The molecular formula is C16H21N3OS2. The number of amides is 1. The molecular weight excluding hydrogens is 314 g/mol. The van der Waals surface area contributed by atoms with Gasteiger partial charge in [-0.25, -0.2) is 4.98 Å². The molecule has 2 rings (SSSR count). The Morgan fingerprint density at radius 3 is 2.77 bits per heavy atom. The van der Waals surface area contributed by atoms with E-state index >= 15 is 0 Å². The van der Waals surface area contributed by atoms with E-state index in [1.54, 1.807) is 24.2 Å². The molecule has 0 N–H and O–H groups in total. The molecule has 2 aromatic heterocycles. The fourth-order valence-electron chi connectivity index (χ4n) is 2.08. The molecule has 0 aliphatic rings. The molecule has 0 bridgehead atoms. The van der Waals surface area contributed by atoms with Crippen molar-refractivity contribution >= 4 is 29.0 Å². The van der Waals surface area contributed by atoms with Crippen LogP contribution in [0.3, 0.4) is 0 Å². The summed E-state index contributed by atoms with van der Waals surface area (Å²) in [4.78, 5) is 24.0. The van der Waals surface area contributed by atoms with E-state index in [9.17, 15) is 4.79 Å². The highest BCUT2D eigenvalue weighted by atomic mass is 32.2. The summed E-state index contributed by atoms with van der Waals surface area (Å²) in [5.74, 6) is 0.923. The van der Waals surface area contributed by atoms with Crippen molar-refractivity contribution in [2.45, 2.75) is 26.3 Å². The van der Waals surface area contributed by atoms with E-state index in [0.717, 1.165) is 22.0 Å². The molecule has 0 unspecified atom stereocenters. The smallest absolute Gasteiger partial charge is 0.266 e. The molecule has 2 heterocycles. The molecule has 4 nitrogen and oxygen atoms in total. The third-order valence-electron chi connectivity index (χ3n) is 3.61. The lowest BCUT2D eigenvalue weighted by Crippen LogP contribution is -2.46. The topological polar surface area (TPSA) is 46.1 Å². The van der Waals surface area contributed by atoms with Crippen LogP contribution in [0.1, 0.15) is 29.2 Å². The predicted molar refractivity (Wildman–Crippen MR) is 94.6 cm³/mol. The van der Waals surface area contributed by atoms with Gasteiger partial charge >= 0.3 is 0 Å². The van der Waals surface area contributed by atoms with Crippen molar-refractivity contribution in [2.75, 3.05) is 19.1 Å². The maximum absolute atomic E-state index is 12.8. The Bertz CT molecular complexity index is 653. The van der Waals surface area contributed by atoms with Gasteiger partial charge in [-0.1, -0.05) is 0 Å². The quantitative estimate of drug-likeness (QED) is 0.835. The highest BCUT2D eigenvalue weighted by Crippen LogP contribution is 2.30. The maximum Gasteiger partial charge on any atom is 0.266 e. The number of aromatic nitrogens is 2. The molecule has 2 aromatic rings. The zero-order chi connectivity index (χ0) is 16.3. The summed E-state index contributed by atoms with van der Waals surface area (Å²) < 4.78 is 0. The van der Waals surface area contributed by atoms with Crippen LogP contribution in [-0.2, 0) is 0 Å². The molecule has 0 atom stereocenters. The minimum Gasteiger partial charge on any atom is -0.335 e. The molecule has 22 heavy (non-hydrogen) atoms. The fourth-order valence-corrected chi connectivity index (χ4v) is 4.02. The van der Waals surface area contributed by atoms with Crippen molar-refractivity contribution in [3.8, 4) is 10.6 Å². The summed E-state index contributed by atoms with van der Waals surface area (Å²) in [7, 11) is 1.86. The molecule has 6 heteroatoms. The lowest BCUT2D eigenvalue weighted by Gasteiger charge is -2.35. The normalized spacial score (nSPS) is 11.5. The van der Waals surface area contributed by atoms with Gasteiger partial charge in [0.05, 0.1) is 5.69 Å². The first-order valence-corrected chi connectivity index (χ1v) is 9.23. The summed E-state index contributed by atoms with van der Waals surface area (Å²) in [5, 5.41) is 0.838. The third-order valence-corrected chi connectivity index (χ3v) is 5.80. The Morgan fingerprint density at radius 1 is 1.45 bits per heavy atom. The van der Waals surface area contributed by atoms with Crippen molar-refractivity contribution in [1.82, 2.24) is 14.9 Å². The van der Waals surface area contributed by atoms with Gasteiger partial charge in [-0.3, -0.25) is 9.78 Å². The number of carbonyl (C=O) groups is 1. The SMILES string of the molecule is CSCC(C)(C)N(C)C(=O)c1sc(-c2cccnc2)nc1C. The third kappa shape index (κ3) is 3.50. The van der Waals surface area contributed by atoms with Crippen LogP contribution in [0.5, 0.6) is 0 Å². The van der Waals surface area contributed by atoms with Crippen LogP contribution in [0, 0.1) is 6.92 Å². The van der Waals surface area contributed by atoms with Crippen molar-refractivity contribution in [2.24, 2.45) is 0 Å². The number of rotatable bonds is 5. The second-order valence-electron chi connectivity index (χ2n) is 5.78. The molecule has 0 aromatic carbocycles. The van der Waals surface area contributed by atoms with E-state index in [0.29, 0.717) is 4.88 Å². The van der Waals surface area contributed by atoms with Crippen molar-refractivity contribution in [3.05, 3.63) is 35.1 Å². The van der Waals surface area contributed by atoms with Gasteiger partial charge in [0.1, 0.15) is 9.88 Å². The van der Waals surface area contributed by atoms with E-state index in [1.165, 1.54) is 11.3 Å². The van der Waals surface area contributed by atoms with Crippen LogP contribution in [0.25, 0.3) is 10.6 Å². The summed E-state index contributed by atoms with van der Waals surface area (Å²) in [6.07, 6.45) is 5.56. The first-order chi connectivity index (χ1) is 10.4. The first kappa shape index (κ1) is 17.0. The average molecular weight is 335 g/mol. The van der Waals surface area contributed by atoms with Gasteiger partial charge in [-0.05, 0) is 39.2 Å². The van der Waals surface area contributed by atoms with Gasteiger partial charge in [0.25, 0.3) is 5.91 Å². The molecule has 0 fully saturated rings. The zero-order valence-electron chi connectivity index (χ0n) is 13.6. The summed E-state index contributed by atoms with van der Waals surface area (Å²) in [6.45, 7) is 6.05. The van der Waals surface area contributed by atoms with Gasteiger partial charge in [0.15, 0.2) is 0 Å². The first-order valence-electron chi connectivity index (χ1n) is 7.01. The molecule has 0 spiro atoms. The number of thioether (sulfide) groups is 1. The van der Waals surface area contributed by atoms with Gasteiger partial charge < -0.3 is 4.90 Å². The van der Waals surface area contributed by atoms with Crippen molar-refractivity contribution in [3.63, 3.8) is 0 Å². The Hall–Kier alpha value is -1.40. The molecule has 118 valence electrons. The van der Waals surface area contributed by atoms with E-state index in [2.05, 4.69) is 30.1 Å². The number of nitrogens with zero attached hydrogens (tertiary/aromatic N) is 3. The number of hydrogen-bond donors (Lipinski definition) is 0. The fraction of sp³-hybridized carbons (Fsp3) is 0.438. The average Bonchev–Trinajstić information content (AvgIpc) is 2.88. The standard InChI is InChI=1S/C16H21N3OS2/c1-11-13(15(20)19(4)16(2,3)10-21-5)22-14(18-11)12-7-6-8-17-9-12/h6-9H,10H2,1-5H3. The van der Waals surface area contributed by atoms with Crippen molar-refractivity contribution in [1.29, 1.82) is 0 Å². The van der Waals surface area contributed by atoms with Crippen LogP contribution in [-0.4, -0.2) is 45.4 Å². The number of pyridine rings is 1. The molecule has 0 saturated heterocycles. The molecule has 0 radical (unpaired) electrons. The van der Waals surface area contributed by atoms with Crippen LogP contribution in [0.4, 0.5) is 0 Å². The lowest BCUT2D eigenvalue weighted by molar-refractivity contribution is 0.0666. The summed E-state index contributed by atoms with van der Waals surface area (Å²) in [6, 6.07) is 3.84. The second-order valence-corrected chi connectivity index (χ2v) is 7.65. The number of thiazole rings is 1. The molecule has 1 amide bonds. The number of hydrogen-bond acceptors (Lipinski definition) is 5. The van der Waals surface area contributed by atoms with Crippen molar-refractivity contribution < 1.29 is 4.79 Å². The summed E-state index contributed by atoms with van der Waals surface area (Å²) >= 11 is 3.18. The van der Waals surface area contributed by atoms with Gasteiger partial charge in [0, 0.05) is 36.3 Å². The monoisotopic (exact) mass is 335 g/mol. The van der Waals surface area contributed by atoms with Crippen LogP contribution < -0.4 is 0 Å². The molecule has 0 aliphatic carbocycles. The van der Waals surface area contributed by atoms with E-state index in [-0.39, 0.29) is 11.4 Å². The van der Waals surface area contributed by atoms with Crippen LogP contribution >= 0.6 is 23.1 Å². The molecule has 0 aliphatic heterocycles. The van der Waals surface area contributed by atoms with Crippen LogP contribution in [0.15, 0.2) is 24.5 Å².